The van der Waals surface area contributed by atoms with Crippen molar-refractivity contribution in [3.63, 3.8) is 0 Å². The number of hydrogen-bond donors (Lipinski definition) is 0. The van der Waals surface area contributed by atoms with Crippen molar-refractivity contribution in [3.8, 4) is 11.5 Å². The molecule has 0 spiro atoms. The molecule has 0 unspecified atom stereocenters. The SMILES string of the molecule is COc1ccc(Cl)c(O[Si](C)(C)C)c1. The van der Waals surface area contributed by atoms with Crippen LogP contribution in [0.2, 0.25) is 24.7 Å². The highest BCUT2D eigenvalue weighted by Gasteiger charge is 2.18. The number of methoxy groups -OCH3 is 1. The van der Waals surface area contributed by atoms with Gasteiger partial charge >= 0.3 is 0 Å². The van der Waals surface area contributed by atoms with Crippen LogP contribution in [0.5, 0.6) is 11.5 Å². The Bertz CT molecular complexity index is 320. The summed E-state index contributed by atoms with van der Waals surface area (Å²) < 4.78 is 10.9. The van der Waals surface area contributed by atoms with Crippen LogP contribution in [-0.2, 0) is 0 Å². The molecule has 0 saturated carbocycles. The monoisotopic (exact) mass is 230 g/mol. The van der Waals surface area contributed by atoms with Gasteiger partial charge in [-0.1, -0.05) is 11.6 Å². The van der Waals surface area contributed by atoms with Crippen LogP contribution in [0.15, 0.2) is 18.2 Å². The smallest absolute Gasteiger partial charge is 0.242 e. The highest BCUT2D eigenvalue weighted by atomic mass is 35.5. The molecular weight excluding hydrogens is 216 g/mol. The van der Waals surface area contributed by atoms with Gasteiger partial charge in [-0.3, -0.25) is 0 Å². The summed E-state index contributed by atoms with van der Waals surface area (Å²) in [7, 11) is 0.0214. The van der Waals surface area contributed by atoms with Crippen LogP contribution in [0.1, 0.15) is 0 Å². The van der Waals surface area contributed by atoms with E-state index in [4.69, 9.17) is 20.8 Å². The van der Waals surface area contributed by atoms with Crippen LogP contribution in [0, 0.1) is 0 Å². The van der Waals surface area contributed by atoms with E-state index in [2.05, 4.69) is 19.6 Å². The third-order valence-electron chi connectivity index (χ3n) is 1.55. The molecule has 1 aromatic carbocycles. The predicted octanol–water partition coefficient (Wildman–Crippen LogP) is 3.56. The van der Waals surface area contributed by atoms with Gasteiger partial charge in [-0.05, 0) is 31.8 Å². The van der Waals surface area contributed by atoms with E-state index >= 15 is 0 Å². The molecule has 0 bridgehead atoms. The van der Waals surface area contributed by atoms with Gasteiger partial charge in [0.1, 0.15) is 11.5 Å². The molecule has 0 aliphatic heterocycles. The minimum Gasteiger partial charge on any atom is -0.543 e. The van der Waals surface area contributed by atoms with Crippen molar-refractivity contribution in [2.24, 2.45) is 0 Å². The third-order valence-corrected chi connectivity index (χ3v) is 2.70. The second-order valence-corrected chi connectivity index (χ2v) is 8.85. The molecule has 14 heavy (non-hydrogen) atoms. The molecular formula is C10H15ClO2Si. The fraction of sp³-hybridized carbons (Fsp3) is 0.400. The van der Waals surface area contributed by atoms with Gasteiger partial charge in [0.25, 0.3) is 0 Å². The van der Waals surface area contributed by atoms with E-state index in [1.807, 2.05) is 12.1 Å². The normalized spacial score (nSPS) is 11.2. The maximum absolute atomic E-state index is 6.00. The van der Waals surface area contributed by atoms with Crippen molar-refractivity contribution in [2.75, 3.05) is 7.11 Å². The Morgan fingerprint density at radius 3 is 2.36 bits per heavy atom. The Labute approximate surface area is 90.9 Å². The lowest BCUT2D eigenvalue weighted by molar-refractivity contribution is 0.412. The largest absolute Gasteiger partial charge is 0.543 e. The van der Waals surface area contributed by atoms with Crippen LogP contribution < -0.4 is 9.16 Å². The molecule has 0 fully saturated rings. The first-order valence-corrected chi connectivity index (χ1v) is 8.23. The summed E-state index contributed by atoms with van der Waals surface area (Å²) in [4.78, 5) is 0. The average Bonchev–Trinajstić information content (AvgIpc) is 2.06. The lowest BCUT2D eigenvalue weighted by Crippen LogP contribution is -2.29. The average molecular weight is 231 g/mol. The molecule has 0 N–H and O–H groups in total. The first kappa shape index (κ1) is 11.4. The lowest BCUT2D eigenvalue weighted by Gasteiger charge is -2.20. The van der Waals surface area contributed by atoms with E-state index in [1.165, 1.54) is 0 Å². The van der Waals surface area contributed by atoms with E-state index in [9.17, 15) is 0 Å². The molecule has 78 valence electrons. The van der Waals surface area contributed by atoms with Crippen LogP contribution in [0.3, 0.4) is 0 Å². The van der Waals surface area contributed by atoms with Crippen LogP contribution in [0.4, 0.5) is 0 Å². The van der Waals surface area contributed by atoms with Crippen molar-refractivity contribution in [1.29, 1.82) is 0 Å². The quantitative estimate of drug-likeness (QED) is 0.740. The summed E-state index contributed by atoms with van der Waals surface area (Å²) in [6, 6.07) is 5.43. The van der Waals surface area contributed by atoms with Gasteiger partial charge in [-0.2, -0.15) is 0 Å². The Hall–Kier alpha value is -0.673. The topological polar surface area (TPSA) is 18.5 Å². The van der Waals surface area contributed by atoms with Gasteiger partial charge in [0, 0.05) is 6.07 Å². The van der Waals surface area contributed by atoms with E-state index in [0.717, 1.165) is 5.75 Å². The molecule has 1 aromatic rings. The van der Waals surface area contributed by atoms with Gasteiger partial charge in [0.15, 0.2) is 0 Å². The highest BCUT2D eigenvalue weighted by molar-refractivity contribution is 6.70. The van der Waals surface area contributed by atoms with Crippen LogP contribution >= 0.6 is 11.6 Å². The van der Waals surface area contributed by atoms with E-state index < -0.39 is 8.32 Å². The molecule has 0 aromatic heterocycles. The van der Waals surface area contributed by atoms with Crippen molar-refractivity contribution < 1.29 is 9.16 Å². The van der Waals surface area contributed by atoms with Gasteiger partial charge in [-0.25, -0.2) is 0 Å². The molecule has 0 aliphatic carbocycles. The minimum absolute atomic E-state index is 0.633. The summed E-state index contributed by atoms with van der Waals surface area (Å²) in [5, 5.41) is 0.633. The number of benzene rings is 1. The third kappa shape index (κ3) is 3.23. The molecule has 0 heterocycles. The molecule has 2 nitrogen and oxygen atoms in total. The molecule has 0 radical (unpaired) electrons. The molecule has 0 atom stereocenters. The fourth-order valence-electron chi connectivity index (χ4n) is 1.02. The van der Waals surface area contributed by atoms with Crippen molar-refractivity contribution in [3.05, 3.63) is 23.2 Å². The zero-order valence-electron chi connectivity index (χ0n) is 8.93. The zero-order chi connectivity index (χ0) is 10.8. The molecule has 1 rings (SSSR count). The van der Waals surface area contributed by atoms with Gasteiger partial charge in [0.2, 0.25) is 8.32 Å². The maximum Gasteiger partial charge on any atom is 0.242 e. The Kier molecular flexibility index (Phi) is 3.45. The zero-order valence-corrected chi connectivity index (χ0v) is 10.7. The summed E-state index contributed by atoms with van der Waals surface area (Å²) in [5.41, 5.74) is 0. The Balaban J connectivity index is 2.95. The van der Waals surface area contributed by atoms with Gasteiger partial charge < -0.3 is 9.16 Å². The predicted molar refractivity (Wildman–Crippen MR) is 62.0 cm³/mol. The fourth-order valence-corrected chi connectivity index (χ4v) is 2.07. The molecule has 0 saturated heterocycles. The second kappa shape index (κ2) is 4.23. The molecule has 0 amide bonds. The van der Waals surface area contributed by atoms with Crippen LogP contribution in [-0.4, -0.2) is 15.4 Å². The molecule has 0 aliphatic rings. The maximum atomic E-state index is 6.00. The minimum atomic E-state index is -1.61. The van der Waals surface area contributed by atoms with Crippen molar-refractivity contribution in [2.45, 2.75) is 19.6 Å². The van der Waals surface area contributed by atoms with E-state index in [-0.39, 0.29) is 0 Å². The second-order valence-electron chi connectivity index (χ2n) is 4.01. The number of rotatable bonds is 3. The first-order valence-electron chi connectivity index (χ1n) is 4.45. The van der Waals surface area contributed by atoms with Crippen molar-refractivity contribution in [1.82, 2.24) is 0 Å². The number of ether oxygens (including phenoxy) is 1. The number of hydrogen-bond acceptors (Lipinski definition) is 2. The summed E-state index contributed by atoms with van der Waals surface area (Å²) >= 11 is 6.00. The number of halogens is 1. The van der Waals surface area contributed by atoms with Gasteiger partial charge in [0.05, 0.1) is 12.1 Å². The Morgan fingerprint density at radius 1 is 1.21 bits per heavy atom. The van der Waals surface area contributed by atoms with Gasteiger partial charge in [-0.15, -0.1) is 0 Å². The Morgan fingerprint density at radius 2 is 1.86 bits per heavy atom. The van der Waals surface area contributed by atoms with E-state index in [0.29, 0.717) is 10.8 Å². The summed E-state index contributed by atoms with van der Waals surface area (Å²) in [6.07, 6.45) is 0. The highest BCUT2D eigenvalue weighted by Crippen LogP contribution is 2.30. The van der Waals surface area contributed by atoms with E-state index in [1.54, 1.807) is 13.2 Å². The summed E-state index contributed by atoms with van der Waals surface area (Å²) in [5.74, 6) is 1.48. The standard InChI is InChI=1S/C10H15ClO2Si/c1-12-8-5-6-9(11)10(7-8)13-14(2,3)4/h5-7H,1-4H3. The van der Waals surface area contributed by atoms with Crippen molar-refractivity contribution >= 4 is 19.9 Å². The first-order chi connectivity index (χ1) is 6.42. The summed E-state index contributed by atoms with van der Waals surface area (Å²) in [6.45, 7) is 6.34. The van der Waals surface area contributed by atoms with Crippen LogP contribution in [0.25, 0.3) is 0 Å². The lowest BCUT2D eigenvalue weighted by atomic mass is 10.3. The molecule has 4 heteroatoms.